The third kappa shape index (κ3) is 3.80. The molecule has 4 rings (SSSR count). The molecule has 0 unspecified atom stereocenters. The molecule has 0 radical (unpaired) electrons. The summed E-state index contributed by atoms with van der Waals surface area (Å²) in [5.41, 5.74) is 7.69. The van der Waals surface area contributed by atoms with Crippen LogP contribution in [-0.4, -0.2) is 0 Å². The molecule has 0 aliphatic heterocycles. The van der Waals surface area contributed by atoms with Crippen molar-refractivity contribution in [1.82, 2.24) is 0 Å². The Morgan fingerprint density at radius 2 is 1.04 bits per heavy atom. The third-order valence-electron chi connectivity index (χ3n) is 4.48. The summed E-state index contributed by atoms with van der Waals surface area (Å²) in [6, 6.07) is 28.2. The van der Waals surface area contributed by atoms with Crippen LogP contribution in [0.15, 0.2) is 97.1 Å². The van der Waals surface area contributed by atoms with Crippen LogP contribution in [0.4, 0.5) is 0 Å². The van der Waals surface area contributed by atoms with Crippen molar-refractivity contribution in [1.29, 1.82) is 0 Å². The van der Waals surface area contributed by atoms with E-state index in [1.807, 2.05) is 0 Å². The lowest BCUT2D eigenvalue weighted by atomic mass is 9.91. The van der Waals surface area contributed by atoms with E-state index < -0.39 is 0 Å². The second-order valence-corrected chi connectivity index (χ2v) is 6.17. The largest absolute Gasteiger partial charge is 0.0836 e. The van der Waals surface area contributed by atoms with Crippen LogP contribution in [0.3, 0.4) is 0 Å². The first-order valence-electron chi connectivity index (χ1n) is 8.53. The zero-order chi connectivity index (χ0) is 16.2. The van der Waals surface area contributed by atoms with Gasteiger partial charge in [0.25, 0.3) is 0 Å². The van der Waals surface area contributed by atoms with Gasteiger partial charge < -0.3 is 0 Å². The molecule has 0 amide bonds. The molecule has 0 bridgehead atoms. The molecule has 25 heavy (non-hydrogen) atoms. The fourth-order valence-electron chi connectivity index (χ4n) is 3.22. The first-order valence-corrected chi connectivity index (χ1v) is 8.53. The van der Waals surface area contributed by atoms with E-state index >= 15 is 0 Å². The molecule has 0 N–H and O–H groups in total. The predicted molar refractivity (Wildman–Crippen MR) is 110 cm³/mol. The average molecular weight is 324 g/mol. The molecule has 0 heterocycles. The zero-order valence-corrected chi connectivity index (χ0v) is 13.7. The van der Waals surface area contributed by atoms with Crippen molar-refractivity contribution in [3.63, 3.8) is 0 Å². The second-order valence-electron chi connectivity index (χ2n) is 6.17. The van der Waals surface area contributed by atoms with Gasteiger partial charge in [0.2, 0.25) is 0 Å². The maximum Gasteiger partial charge on any atom is -0.0172 e. The topological polar surface area (TPSA) is 0 Å². The van der Waals surface area contributed by atoms with Gasteiger partial charge in [-0.25, -0.2) is 0 Å². The van der Waals surface area contributed by atoms with Gasteiger partial charge in [-0.15, -0.1) is 0 Å². The van der Waals surface area contributed by atoms with Gasteiger partial charge in [0.05, 0.1) is 0 Å². The monoisotopic (exact) mass is 324 g/mol. The van der Waals surface area contributed by atoms with Crippen molar-refractivity contribution in [3.8, 4) is 22.3 Å². The van der Waals surface area contributed by atoms with Crippen molar-refractivity contribution in [2.45, 2.75) is 20.3 Å². The summed E-state index contributed by atoms with van der Waals surface area (Å²) in [4.78, 5) is 0. The van der Waals surface area contributed by atoms with Crippen LogP contribution in [-0.2, 0) is 0 Å². The van der Waals surface area contributed by atoms with E-state index in [1.54, 1.807) is 0 Å². The highest BCUT2D eigenvalue weighted by molar-refractivity contribution is 5.83. The SMILES string of the molecule is C.C1=CC(c2cc(-c3ccccc3)cc(-c3ccccc3)c2)=CCC1. The molecule has 1 aliphatic rings. The van der Waals surface area contributed by atoms with Gasteiger partial charge in [-0.2, -0.15) is 0 Å². The lowest BCUT2D eigenvalue weighted by Crippen LogP contribution is -1.90. The molecule has 1 aliphatic carbocycles. The van der Waals surface area contributed by atoms with Crippen molar-refractivity contribution >= 4 is 5.57 Å². The Morgan fingerprint density at radius 3 is 1.52 bits per heavy atom. The normalized spacial score (nSPS) is 13.0. The first kappa shape index (κ1) is 17.0. The van der Waals surface area contributed by atoms with Crippen LogP contribution in [0.5, 0.6) is 0 Å². The van der Waals surface area contributed by atoms with Crippen LogP contribution < -0.4 is 0 Å². The molecule has 0 saturated heterocycles. The smallest absolute Gasteiger partial charge is 0.0172 e. The van der Waals surface area contributed by atoms with Crippen molar-refractivity contribution in [3.05, 3.63) is 103 Å². The molecule has 0 nitrogen and oxygen atoms in total. The van der Waals surface area contributed by atoms with Gasteiger partial charge in [-0.05, 0) is 64.4 Å². The minimum Gasteiger partial charge on any atom is -0.0836 e. The highest BCUT2D eigenvalue weighted by atomic mass is 14.1. The highest BCUT2D eigenvalue weighted by Crippen LogP contribution is 2.32. The summed E-state index contributed by atoms with van der Waals surface area (Å²) in [7, 11) is 0. The van der Waals surface area contributed by atoms with E-state index in [4.69, 9.17) is 0 Å². The maximum absolute atomic E-state index is 2.35. The molecule has 0 spiro atoms. The quantitative estimate of drug-likeness (QED) is 0.471. The van der Waals surface area contributed by atoms with Crippen LogP contribution >= 0.6 is 0 Å². The minimum absolute atomic E-state index is 0. The van der Waals surface area contributed by atoms with Gasteiger partial charge >= 0.3 is 0 Å². The molecule has 0 fully saturated rings. The Morgan fingerprint density at radius 1 is 0.520 bits per heavy atom. The Bertz CT molecular complexity index is 826. The number of allylic oxidation sites excluding steroid dienone is 4. The fourth-order valence-corrected chi connectivity index (χ4v) is 3.22. The lowest BCUT2D eigenvalue weighted by Gasteiger charge is -2.13. The molecule has 0 aromatic heterocycles. The molecule has 3 aromatic carbocycles. The van der Waals surface area contributed by atoms with Crippen molar-refractivity contribution in [2.24, 2.45) is 0 Å². The fraction of sp³-hybridized carbons (Fsp3) is 0.120. The molecule has 0 heteroatoms. The van der Waals surface area contributed by atoms with E-state index in [-0.39, 0.29) is 7.43 Å². The Hall–Kier alpha value is -2.86. The van der Waals surface area contributed by atoms with E-state index in [0.29, 0.717) is 0 Å². The number of hydrogen-bond acceptors (Lipinski definition) is 0. The van der Waals surface area contributed by atoms with Crippen LogP contribution in [0.1, 0.15) is 25.8 Å². The van der Waals surface area contributed by atoms with Gasteiger partial charge in [0.15, 0.2) is 0 Å². The summed E-state index contributed by atoms with van der Waals surface area (Å²) in [6.07, 6.45) is 9.14. The van der Waals surface area contributed by atoms with E-state index in [1.165, 1.54) is 33.4 Å². The molecular formula is C25H24. The van der Waals surface area contributed by atoms with Gasteiger partial charge in [-0.3, -0.25) is 0 Å². The summed E-state index contributed by atoms with van der Waals surface area (Å²) in [6.45, 7) is 0. The zero-order valence-electron chi connectivity index (χ0n) is 13.7. The van der Waals surface area contributed by atoms with E-state index in [2.05, 4.69) is 97.1 Å². The van der Waals surface area contributed by atoms with E-state index in [9.17, 15) is 0 Å². The standard InChI is InChI=1S/C24H20.CH4/c1-4-10-19(11-5-1)22-16-23(20-12-6-2-7-13-20)18-24(17-22)21-14-8-3-9-15-21;/h1-2,4-8,10-18H,3,9H2;1H4. The van der Waals surface area contributed by atoms with E-state index in [0.717, 1.165) is 12.8 Å². The van der Waals surface area contributed by atoms with Crippen LogP contribution in [0.2, 0.25) is 0 Å². The second kappa shape index (κ2) is 7.81. The third-order valence-corrected chi connectivity index (χ3v) is 4.48. The molecular weight excluding hydrogens is 300 g/mol. The Balaban J connectivity index is 0.00000182. The molecule has 124 valence electrons. The van der Waals surface area contributed by atoms with Gasteiger partial charge in [0, 0.05) is 0 Å². The van der Waals surface area contributed by atoms with Gasteiger partial charge in [0.1, 0.15) is 0 Å². The minimum atomic E-state index is 0. The van der Waals surface area contributed by atoms with Crippen LogP contribution in [0, 0.1) is 0 Å². The lowest BCUT2D eigenvalue weighted by molar-refractivity contribution is 1.04. The summed E-state index contributed by atoms with van der Waals surface area (Å²) < 4.78 is 0. The predicted octanol–water partition coefficient (Wildman–Crippen LogP) is 7.39. The first-order chi connectivity index (χ1) is 11.9. The summed E-state index contributed by atoms with van der Waals surface area (Å²) in [5.74, 6) is 0. The Kier molecular flexibility index (Phi) is 5.30. The van der Waals surface area contributed by atoms with Crippen LogP contribution in [0.25, 0.3) is 27.8 Å². The molecule has 0 saturated carbocycles. The highest BCUT2D eigenvalue weighted by Gasteiger charge is 2.08. The summed E-state index contributed by atoms with van der Waals surface area (Å²) in [5, 5.41) is 0. The summed E-state index contributed by atoms with van der Waals surface area (Å²) >= 11 is 0. The number of rotatable bonds is 3. The maximum atomic E-state index is 2.35. The molecule has 0 atom stereocenters. The molecule has 3 aromatic rings. The number of hydrogen-bond donors (Lipinski definition) is 0. The van der Waals surface area contributed by atoms with Crippen molar-refractivity contribution in [2.75, 3.05) is 0 Å². The van der Waals surface area contributed by atoms with Gasteiger partial charge in [-0.1, -0.05) is 86.3 Å². The number of benzene rings is 3. The van der Waals surface area contributed by atoms with Crippen molar-refractivity contribution < 1.29 is 0 Å². The Labute approximate surface area is 151 Å². The average Bonchev–Trinajstić information content (AvgIpc) is 2.70.